The van der Waals surface area contributed by atoms with E-state index in [0.717, 1.165) is 37.8 Å². The van der Waals surface area contributed by atoms with E-state index >= 15 is 0 Å². The molecule has 2 aromatic rings. The van der Waals surface area contributed by atoms with Gasteiger partial charge in [0.15, 0.2) is 0 Å². The number of nitrogens with zero attached hydrogens (tertiary/aromatic N) is 6. The summed E-state index contributed by atoms with van der Waals surface area (Å²) < 4.78 is 1.84. The Bertz CT molecular complexity index is 589. The van der Waals surface area contributed by atoms with E-state index in [1.165, 1.54) is 0 Å². The lowest BCUT2D eigenvalue weighted by Gasteiger charge is -2.34. The van der Waals surface area contributed by atoms with Crippen molar-refractivity contribution in [3.05, 3.63) is 31.1 Å². The number of carbonyl (C=O) groups excluding carboxylic acids is 1. The van der Waals surface area contributed by atoms with E-state index in [0.29, 0.717) is 0 Å². The zero-order chi connectivity index (χ0) is 13.9. The summed E-state index contributed by atoms with van der Waals surface area (Å²) in [6.45, 7) is 4.66. The van der Waals surface area contributed by atoms with Gasteiger partial charge in [-0.15, -0.1) is 0 Å². The lowest BCUT2D eigenvalue weighted by molar-refractivity contribution is -0.129. The third-order valence-electron chi connectivity index (χ3n) is 3.46. The molecule has 1 saturated heterocycles. The fourth-order valence-electron chi connectivity index (χ4n) is 2.30. The Morgan fingerprint density at radius 3 is 2.55 bits per heavy atom. The van der Waals surface area contributed by atoms with Crippen LogP contribution < -0.4 is 4.90 Å². The molecule has 20 heavy (non-hydrogen) atoms. The molecular formula is C13H16N6O. The van der Waals surface area contributed by atoms with Crippen molar-refractivity contribution in [3.8, 4) is 5.82 Å². The predicted molar refractivity (Wildman–Crippen MR) is 73.6 cm³/mol. The highest BCUT2D eigenvalue weighted by molar-refractivity contribution is 5.73. The Labute approximate surface area is 116 Å². The van der Waals surface area contributed by atoms with Gasteiger partial charge in [-0.25, -0.2) is 15.0 Å². The van der Waals surface area contributed by atoms with Crippen molar-refractivity contribution < 1.29 is 4.79 Å². The molecule has 7 nitrogen and oxygen atoms in total. The zero-order valence-electron chi connectivity index (χ0n) is 11.3. The molecule has 2 aromatic heterocycles. The number of anilines is 1. The van der Waals surface area contributed by atoms with E-state index in [1.807, 2.05) is 21.7 Å². The maximum Gasteiger partial charge on any atom is 0.219 e. The van der Waals surface area contributed by atoms with Crippen LogP contribution in [0.4, 0.5) is 5.82 Å². The van der Waals surface area contributed by atoms with Crippen LogP contribution in [0.25, 0.3) is 5.82 Å². The quantitative estimate of drug-likeness (QED) is 0.788. The van der Waals surface area contributed by atoms with Crippen LogP contribution in [-0.4, -0.2) is 56.5 Å². The first-order chi connectivity index (χ1) is 9.74. The van der Waals surface area contributed by atoms with Crippen molar-refractivity contribution in [2.24, 2.45) is 0 Å². The van der Waals surface area contributed by atoms with Gasteiger partial charge in [-0.3, -0.25) is 9.36 Å². The highest BCUT2D eigenvalue weighted by atomic mass is 16.2. The highest BCUT2D eigenvalue weighted by Gasteiger charge is 2.19. The van der Waals surface area contributed by atoms with Crippen molar-refractivity contribution in [2.45, 2.75) is 6.92 Å². The molecule has 0 spiro atoms. The molecule has 1 aliphatic heterocycles. The first kappa shape index (κ1) is 12.6. The molecule has 0 radical (unpaired) electrons. The minimum atomic E-state index is 0.131. The number of amides is 1. The van der Waals surface area contributed by atoms with Crippen LogP contribution in [0.15, 0.2) is 31.1 Å². The molecule has 1 aliphatic rings. The van der Waals surface area contributed by atoms with Gasteiger partial charge in [-0.1, -0.05) is 0 Å². The normalized spacial score (nSPS) is 15.4. The number of hydrogen-bond acceptors (Lipinski definition) is 5. The van der Waals surface area contributed by atoms with Crippen LogP contribution in [0.1, 0.15) is 6.92 Å². The molecule has 0 N–H and O–H groups in total. The predicted octanol–water partition coefficient (Wildman–Crippen LogP) is 0.331. The lowest BCUT2D eigenvalue weighted by atomic mass is 10.3. The topological polar surface area (TPSA) is 67.2 Å². The maximum atomic E-state index is 11.3. The standard InChI is InChI=1S/C13H16N6O/c1-11(20)17-4-6-18(7-5-17)12-8-13(16-9-15-12)19-3-2-14-10-19/h2-3,8-10H,4-7H2,1H3. The second-order valence-corrected chi connectivity index (χ2v) is 4.70. The number of piperazine rings is 1. The number of carbonyl (C=O) groups is 1. The van der Waals surface area contributed by atoms with Gasteiger partial charge in [0, 0.05) is 51.6 Å². The van der Waals surface area contributed by atoms with Crippen molar-refractivity contribution >= 4 is 11.7 Å². The van der Waals surface area contributed by atoms with Crippen LogP contribution in [-0.2, 0) is 4.79 Å². The lowest BCUT2D eigenvalue weighted by Crippen LogP contribution is -2.48. The molecule has 3 rings (SSSR count). The van der Waals surface area contributed by atoms with Crippen LogP contribution >= 0.6 is 0 Å². The molecular weight excluding hydrogens is 256 g/mol. The summed E-state index contributed by atoms with van der Waals surface area (Å²) in [4.78, 5) is 27.9. The van der Waals surface area contributed by atoms with Crippen molar-refractivity contribution in [2.75, 3.05) is 31.1 Å². The number of imidazole rings is 1. The van der Waals surface area contributed by atoms with Gasteiger partial charge < -0.3 is 9.80 Å². The van der Waals surface area contributed by atoms with Crippen molar-refractivity contribution in [1.82, 2.24) is 24.4 Å². The first-order valence-electron chi connectivity index (χ1n) is 6.55. The summed E-state index contributed by atoms with van der Waals surface area (Å²) in [6, 6.07) is 1.94. The largest absolute Gasteiger partial charge is 0.353 e. The van der Waals surface area contributed by atoms with E-state index in [9.17, 15) is 4.79 Å². The SMILES string of the molecule is CC(=O)N1CCN(c2cc(-n3ccnc3)ncn2)CC1. The average molecular weight is 272 g/mol. The second-order valence-electron chi connectivity index (χ2n) is 4.70. The summed E-state index contributed by atoms with van der Waals surface area (Å²) in [5.74, 6) is 1.81. The van der Waals surface area contributed by atoms with E-state index in [1.54, 1.807) is 25.8 Å². The second kappa shape index (κ2) is 5.28. The molecule has 0 aliphatic carbocycles. The number of rotatable bonds is 2. The fourth-order valence-corrected chi connectivity index (χ4v) is 2.30. The molecule has 0 atom stereocenters. The van der Waals surface area contributed by atoms with Gasteiger partial charge in [-0.05, 0) is 0 Å². The molecule has 104 valence electrons. The molecule has 0 bridgehead atoms. The molecule has 7 heteroatoms. The molecule has 1 amide bonds. The number of hydrogen-bond donors (Lipinski definition) is 0. The summed E-state index contributed by atoms with van der Waals surface area (Å²) >= 11 is 0. The Balaban J connectivity index is 1.75. The smallest absolute Gasteiger partial charge is 0.219 e. The first-order valence-corrected chi connectivity index (χ1v) is 6.55. The number of aromatic nitrogens is 4. The van der Waals surface area contributed by atoms with E-state index in [4.69, 9.17) is 0 Å². The van der Waals surface area contributed by atoms with Gasteiger partial charge in [0.1, 0.15) is 24.3 Å². The van der Waals surface area contributed by atoms with E-state index in [2.05, 4.69) is 19.9 Å². The molecule has 3 heterocycles. The fraction of sp³-hybridized carbons (Fsp3) is 0.385. The summed E-state index contributed by atoms with van der Waals surface area (Å²) in [5, 5.41) is 0. The van der Waals surface area contributed by atoms with Crippen LogP contribution in [0, 0.1) is 0 Å². The third-order valence-corrected chi connectivity index (χ3v) is 3.46. The van der Waals surface area contributed by atoms with Crippen molar-refractivity contribution in [1.29, 1.82) is 0 Å². The maximum absolute atomic E-state index is 11.3. The summed E-state index contributed by atoms with van der Waals surface area (Å²) in [6.07, 6.45) is 6.83. The van der Waals surface area contributed by atoms with Gasteiger partial charge in [0.25, 0.3) is 0 Å². The summed E-state index contributed by atoms with van der Waals surface area (Å²) in [7, 11) is 0. The Morgan fingerprint density at radius 2 is 1.90 bits per heavy atom. The van der Waals surface area contributed by atoms with Gasteiger partial charge in [0.05, 0.1) is 0 Å². The van der Waals surface area contributed by atoms with Crippen LogP contribution in [0.2, 0.25) is 0 Å². The minimum absolute atomic E-state index is 0.131. The molecule has 0 saturated carbocycles. The molecule has 0 aromatic carbocycles. The van der Waals surface area contributed by atoms with Crippen LogP contribution in [0.3, 0.4) is 0 Å². The third kappa shape index (κ3) is 2.47. The van der Waals surface area contributed by atoms with Gasteiger partial charge in [-0.2, -0.15) is 0 Å². The molecule has 0 unspecified atom stereocenters. The van der Waals surface area contributed by atoms with E-state index < -0.39 is 0 Å². The Hall–Kier alpha value is -2.44. The highest BCUT2D eigenvalue weighted by Crippen LogP contribution is 2.15. The average Bonchev–Trinajstić information content (AvgIpc) is 3.02. The van der Waals surface area contributed by atoms with Gasteiger partial charge >= 0.3 is 0 Å². The Kier molecular flexibility index (Phi) is 3.32. The van der Waals surface area contributed by atoms with Crippen molar-refractivity contribution in [3.63, 3.8) is 0 Å². The summed E-state index contributed by atoms with van der Waals surface area (Å²) in [5.41, 5.74) is 0. The minimum Gasteiger partial charge on any atom is -0.353 e. The zero-order valence-corrected chi connectivity index (χ0v) is 11.3. The monoisotopic (exact) mass is 272 g/mol. The van der Waals surface area contributed by atoms with Gasteiger partial charge in [0.2, 0.25) is 5.91 Å². The molecule has 1 fully saturated rings. The van der Waals surface area contributed by atoms with Crippen LogP contribution in [0.5, 0.6) is 0 Å². The van der Waals surface area contributed by atoms with E-state index in [-0.39, 0.29) is 5.91 Å². The Morgan fingerprint density at radius 1 is 1.15 bits per heavy atom.